The summed E-state index contributed by atoms with van der Waals surface area (Å²) in [5, 5.41) is 0. The Balaban J connectivity index is 2.45. The number of aryl methyl sites for hydroxylation is 1. The molecule has 0 aliphatic rings. The number of benzene rings is 1. The molecule has 6 heteroatoms. The number of nitrogens with zero attached hydrogens (tertiary/aromatic N) is 2. The Hall–Kier alpha value is -1.40. The second-order valence-electron chi connectivity index (χ2n) is 4.09. The van der Waals surface area contributed by atoms with Gasteiger partial charge in [-0.2, -0.15) is 0 Å². The van der Waals surface area contributed by atoms with Crippen molar-refractivity contribution in [1.29, 1.82) is 0 Å². The number of anilines is 1. The smallest absolute Gasteiger partial charge is 0.264 e. The van der Waals surface area contributed by atoms with Gasteiger partial charge in [-0.3, -0.25) is 9.29 Å². The molecule has 0 aliphatic carbocycles. The van der Waals surface area contributed by atoms with Crippen molar-refractivity contribution < 1.29 is 8.42 Å². The van der Waals surface area contributed by atoms with E-state index >= 15 is 0 Å². The fraction of sp³-hybridized carbons (Fsp3) is 0.154. The van der Waals surface area contributed by atoms with E-state index in [1.807, 2.05) is 6.92 Å². The third kappa shape index (κ3) is 2.79. The quantitative estimate of drug-likeness (QED) is 0.862. The predicted octanol–water partition coefficient (Wildman–Crippen LogP) is 2.98. The van der Waals surface area contributed by atoms with Crippen LogP contribution in [-0.2, 0) is 10.0 Å². The largest absolute Gasteiger partial charge is 0.268 e. The zero-order valence-corrected chi connectivity index (χ0v) is 12.9. The molecule has 0 radical (unpaired) electrons. The molecule has 0 saturated carbocycles. The molecule has 100 valence electrons. The number of pyridine rings is 1. The van der Waals surface area contributed by atoms with Crippen molar-refractivity contribution in [2.45, 2.75) is 11.8 Å². The van der Waals surface area contributed by atoms with Crippen LogP contribution in [0.4, 0.5) is 5.69 Å². The van der Waals surface area contributed by atoms with E-state index in [-0.39, 0.29) is 4.90 Å². The summed E-state index contributed by atoms with van der Waals surface area (Å²) in [4.78, 5) is 4.19. The topological polar surface area (TPSA) is 50.3 Å². The Labute approximate surface area is 121 Å². The van der Waals surface area contributed by atoms with E-state index in [1.165, 1.54) is 17.5 Å². The summed E-state index contributed by atoms with van der Waals surface area (Å²) in [7, 11) is -2.04. The molecule has 0 aliphatic heterocycles. The Morgan fingerprint density at radius 1 is 1.26 bits per heavy atom. The number of hydrogen-bond acceptors (Lipinski definition) is 3. The minimum atomic E-state index is -3.56. The number of aromatic nitrogens is 1. The molecule has 1 heterocycles. The number of sulfonamides is 1. The van der Waals surface area contributed by atoms with Gasteiger partial charge in [-0.25, -0.2) is 8.42 Å². The highest BCUT2D eigenvalue weighted by Crippen LogP contribution is 2.24. The third-order valence-electron chi connectivity index (χ3n) is 2.80. The Kier molecular flexibility index (Phi) is 3.91. The van der Waals surface area contributed by atoms with Crippen molar-refractivity contribution in [3.8, 4) is 0 Å². The van der Waals surface area contributed by atoms with Crippen LogP contribution in [-0.4, -0.2) is 20.4 Å². The number of hydrogen-bond donors (Lipinski definition) is 0. The van der Waals surface area contributed by atoms with Gasteiger partial charge in [0.25, 0.3) is 10.0 Å². The zero-order chi connectivity index (χ0) is 14.0. The summed E-state index contributed by atoms with van der Waals surface area (Å²) in [6.45, 7) is 1.85. The fourth-order valence-electron chi connectivity index (χ4n) is 1.61. The first kappa shape index (κ1) is 14.0. The maximum atomic E-state index is 12.5. The molecule has 0 amide bonds. The molecule has 4 nitrogen and oxygen atoms in total. The van der Waals surface area contributed by atoms with Crippen molar-refractivity contribution in [1.82, 2.24) is 4.98 Å². The van der Waals surface area contributed by atoms with Crippen molar-refractivity contribution >= 4 is 31.6 Å². The predicted molar refractivity (Wildman–Crippen MR) is 78.7 cm³/mol. The first-order valence-corrected chi connectivity index (χ1v) is 7.81. The molecule has 19 heavy (non-hydrogen) atoms. The molecular weight excluding hydrogens is 328 g/mol. The van der Waals surface area contributed by atoms with Crippen LogP contribution in [0.1, 0.15) is 5.56 Å². The van der Waals surface area contributed by atoms with Crippen molar-refractivity contribution in [3.63, 3.8) is 0 Å². The van der Waals surface area contributed by atoms with E-state index in [2.05, 4.69) is 20.9 Å². The third-order valence-corrected chi connectivity index (χ3v) is 5.47. The molecule has 2 rings (SSSR count). The average molecular weight is 341 g/mol. The van der Waals surface area contributed by atoms with Gasteiger partial charge in [-0.1, -0.05) is 15.9 Å². The summed E-state index contributed by atoms with van der Waals surface area (Å²) in [5.41, 5.74) is 1.41. The van der Waals surface area contributed by atoms with Crippen LogP contribution in [0.5, 0.6) is 0 Å². The standard InChI is InChI=1S/C13H13BrN2O2S/c1-10-8-12(5-6-13(10)14)19(17,18)16(2)11-4-3-7-15-9-11/h3-9H,1-2H3. The second kappa shape index (κ2) is 5.30. The van der Waals surface area contributed by atoms with Gasteiger partial charge in [0.15, 0.2) is 0 Å². The molecule has 1 aromatic heterocycles. The lowest BCUT2D eigenvalue weighted by Gasteiger charge is -2.19. The molecule has 0 bridgehead atoms. The minimum Gasteiger partial charge on any atom is -0.268 e. The van der Waals surface area contributed by atoms with E-state index in [0.717, 1.165) is 10.0 Å². The van der Waals surface area contributed by atoms with Crippen LogP contribution in [0.25, 0.3) is 0 Å². The SMILES string of the molecule is Cc1cc(S(=O)(=O)N(C)c2cccnc2)ccc1Br. The highest BCUT2D eigenvalue weighted by atomic mass is 79.9. The summed E-state index contributed by atoms with van der Waals surface area (Å²) < 4.78 is 27.1. The number of rotatable bonds is 3. The monoisotopic (exact) mass is 340 g/mol. The maximum absolute atomic E-state index is 12.5. The van der Waals surface area contributed by atoms with Gasteiger partial charge in [0.05, 0.1) is 16.8 Å². The Morgan fingerprint density at radius 3 is 2.58 bits per heavy atom. The summed E-state index contributed by atoms with van der Waals surface area (Å²) in [5.74, 6) is 0. The van der Waals surface area contributed by atoms with Crippen LogP contribution in [0.15, 0.2) is 52.1 Å². The molecule has 0 atom stereocenters. The van der Waals surface area contributed by atoms with Crippen LogP contribution in [0, 0.1) is 6.92 Å². The lowest BCUT2D eigenvalue weighted by Crippen LogP contribution is -2.26. The van der Waals surface area contributed by atoms with Gasteiger partial charge < -0.3 is 0 Å². The molecule has 0 fully saturated rings. The summed E-state index contributed by atoms with van der Waals surface area (Å²) in [6.07, 6.45) is 3.12. The Morgan fingerprint density at radius 2 is 2.00 bits per heavy atom. The maximum Gasteiger partial charge on any atom is 0.264 e. The van der Waals surface area contributed by atoms with Gasteiger partial charge in [-0.15, -0.1) is 0 Å². The van der Waals surface area contributed by atoms with Gasteiger partial charge in [-0.05, 0) is 42.8 Å². The molecule has 0 saturated heterocycles. The molecule has 0 spiro atoms. The lowest BCUT2D eigenvalue weighted by molar-refractivity contribution is 0.594. The summed E-state index contributed by atoms with van der Waals surface area (Å²) >= 11 is 3.36. The average Bonchev–Trinajstić information content (AvgIpc) is 2.41. The van der Waals surface area contributed by atoms with Gasteiger partial charge in [0.2, 0.25) is 0 Å². The van der Waals surface area contributed by atoms with Gasteiger partial charge >= 0.3 is 0 Å². The van der Waals surface area contributed by atoms with E-state index in [4.69, 9.17) is 0 Å². The van der Waals surface area contributed by atoms with Crippen molar-refractivity contribution in [2.75, 3.05) is 11.4 Å². The van der Waals surface area contributed by atoms with E-state index < -0.39 is 10.0 Å². The van der Waals surface area contributed by atoms with Crippen molar-refractivity contribution in [3.05, 3.63) is 52.8 Å². The fourth-order valence-corrected chi connectivity index (χ4v) is 3.13. The first-order valence-electron chi connectivity index (χ1n) is 5.58. The van der Waals surface area contributed by atoms with E-state index in [1.54, 1.807) is 36.5 Å². The number of halogens is 1. The van der Waals surface area contributed by atoms with E-state index in [9.17, 15) is 8.42 Å². The van der Waals surface area contributed by atoms with Gasteiger partial charge in [0.1, 0.15) is 0 Å². The highest BCUT2D eigenvalue weighted by Gasteiger charge is 2.21. The molecule has 0 N–H and O–H groups in total. The zero-order valence-electron chi connectivity index (χ0n) is 10.5. The normalized spacial score (nSPS) is 11.3. The highest BCUT2D eigenvalue weighted by molar-refractivity contribution is 9.10. The van der Waals surface area contributed by atoms with Crippen LogP contribution < -0.4 is 4.31 Å². The molecule has 0 unspecified atom stereocenters. The van der Waals surface area contributed by atoms with Crippen LogP contribution in [0.3, 0.4) is 0 Å². The second-order valence-corrected chi connectivity index (χ2v) is 6.92. The molecular formula is C13H13BrN2O2S. The first-order chi connectivity index (χ1) is 8.93. The Bertz CT molecular complexity index is 687. The minimum absolute atomic E-state index is 0.263. The lowest BCUT2D eigenvalue weighted by atomic mass is 10.2. The molecule has 2 aromatic rings. The van der Waals surface area contributed by atoms with Crippen LogP contribution in [0.2, 0.25) is 0 Å². The van der Waals surface area contributed by atoms with Crippen molar-refractivity contribution in [2.24, 2.45) is 0 Å². The molecule has 1 aromatic carbocycles. The van der Waals surface area contributed by atoms with Gasteiger partial charge in [0, 0.05) is 17.7 Å². The summed E-state index contributed by atoms with van der Waals surface area (Å²) in [6, 6.07) is 8.37. The van der Waals surface area contributed by atoms with Crippen LogP contribution >= 0.6 is 15.9 Å². The van der Waals surface area contributed by atoms with E-state index in [0.29, 0.717) is 5.69 Å².